The molecule has 2 rings (SSSR count). The lowest BCUT2D eigenvalue weighted by Gasteiger charge is -2.33. The summed E-state index contributed by atoms with van der Waals surface area (Å²) in [5.74, 6) is -1.23. The quantitative estimate of drug-likeness (QED) is 0.809. The predicted molar refractivity (Wildman–Crippen MR) is 93.1 cm³/mol. The summed E-state index contributed by atoms with van der Waals surface area (Å²) in [6, 6.07) is 4.34. The zero-order chi connectivity index (χ0) is 19.2. The van der Waals surface area contributed by atoms with Crippen LogP contribution < -0.4 is 14.8 Å². The van der Waals surface area contributed by atoms with Crippen molar-refractivity contribution in [2.45, 2.75) is 44.8 Å². The van der Waals surface area contributed by atoms with E-state index in [1.807, 2.05) is 19.1 Å². The van der Waals surface area contributed by atoms with Crippen LogP contribution in [-0.2, 0) is 4.79 Å². The first-order valence-corrected chi connectivity index (χ1v) is 8.64. The molecule has 1 aliphatic rings. The number of alkyl halides is 3. The van der Waals surface area contributed by atoms with Gasteiger partial charge in [0.1, 0.15) is 0 Å². The molecule has 0 bridgehead atoms. The summed E-state index contributed by atoms with van der Waals surface area (Å²) in [5.41, 5.74) is 0.913. The zero-order valence-corrected chi connectivity index (χ0v) is 14.9. The van der Waals surface area contributed by atoms with Crippen molar-refractivity contribution in [3.05, 3.63) is 29.8 Å². The first kappa shape index (κ1) is 20.1. The van der Waals surface area contributed by atoms with Crippen molar-refractivity contribution < 1.29 is 27.4 Å². The van der Waals surface area contributed by atoms with Crippen molar-refractivity contribution in [2.24, 2.45) is 5.92 Å². The molecule has 1 fully saturated rings. The summed E-state index contributed by atoms with van der Waals surface area (Å²) in [5, 5.41) is 2.48. The third-order valence-electron chi connectivity index (χ3n) is 4.44. The van der Waals surface area contributed by atoms with E-state index in [-0.39, 0.29) is 13.0 Å². The largest absolute Gasteiger partial charge is 0.493 e. The molecule has 1 N–H and O–H groups in total. The number of ether oxygens (including phenoxy) is 2. The summed E-state index contributed by atoms with van der Waals surface area (Å²) in [6.45, 7) is 1.53. The molecule has 4 nitrogen and oxygen atoms in total. The Kier molecular flexibility index (Phi) is 6.94. The molecule has 1 aliphatic carbocycles. The molecule has 1 amide bonds. The van der Waals surface area contributed by atoms with Gasteiger partial charge in [0.25, 0.3) is 5.91 Å². The molecule has 1 aromatic rings. The normalized spacial score (nSPS) is 20.8. The molecule has 1 aromatic carbocycles. The summed E-state index contributed by atoms with van der Waals surface area (Å²) >= 11 is 0. The molecule has 2 atom stereocenters. The van der Waals surface area contributed by atoms with Crippen LogP contribution in [0.4, 0.5) is 13.2 Å². The van der Waals surface area contributed by atoms with Crippen LogP contribution in [0.25, 0.3) is 6.08 Å². The third-order valence-corrected chi connectivity index (χ3v) is 4.44. The van der Waals surface area contributed by atoms with Gasteiger partial charge in [0.15, 0.2) is 18.1 Å². The number of nitrogens with one attached hydrogen (secondary N) is 1. The van der Waals surface area contributed by atoms with E-state index in [4.69, 9.17) is 9.47 Å². The fourth-order valence-electron chi connectivity index (χ4n) is 3.19. The topological polar surface area (TPSA) is 47.6 Å². The standard InChI is InChI=1S/C19H24F3NO3/c1-3-6-13-9-10-16(17(11-13)25-2)26-12-18(24)23-15-8-5-4-7-14(15)19(20,21)22/h3,6,9-11,14-15H,4-5,7-8,12H2,1-2H3,(H,23,24)/b6-3+. The first-order valence-electron chi connectivity index (χ1n) is 8.64. The van der Waals surface area contributed by atoms with Crippen molar-refractivity contribution >= 4 is 12.0 Å². The van der Waals surface area contributed by atoms with Crippen molar-refractivity contribution in [3.8, 4) is 11.5 Å². The van der Waals surface area contributed by atoms with E-state index in [1.54, 1.807) is 18.2 Å². The van der Waals surface area contributed by atoms with E-state index in [0.29, 0.717) is 30.8 Å². The highest BCUT2D eigenvalue weighted by molar-refractivity contribution is 5.78. The van der Waals surface area contributed by atoms with Gasteiger partial charge in [-0.3, -0.25) is 4.79 Å². The Hall–Kier alpha value is -2.18. The van der Waals surface area contributed by atoms with E-state index < -0.39 is 24.0 Å². The molecule has 144 valence electrons. The number of amides is 1. The van der Waals surface area contributed by atoms with Gasteiger partial charge < -0.3 is 14.8 Å². The van der Waals surface area contributed by atoms with Crippen LogP contribution in [0.2, 0.25) is 0 Å². The van der Waals surface area contributed by atoms with E-state index in [2.05, 4.69) is 5.32 Å². The maximum absolute atomic E-state index is 13.1. The molecule has 0 aliphatic heterocycles. The SMILES string of the molecule is C/C=C/c1ccc(OCC(=O)NC2CCCCC2C(F)(F)F)c(OC)c1. The molecule has 0 spiro atoms. The second kappa shape index (κ2) is 8.96. The smallest absolute Gasteiger partial charge is 0.393 e. The van der Waals surface area contributed by atoms with Gasteiger partial charge in [-0.2, -0.15) is 13.2 Å². The Balaban J connectivity index is 1.96. The summed E-state index contributed by atoms with van der Waals surface area (Å²) in [4.78, 5) is 12.1. The molecular weight excluding hydrogens is 347 g/mol. The van der Waals surface area contributed by atoms with Crippen molar-refractivity contribution in [1.82, 2.24) is 5.32 Å². The molecule has 1 saturated carbocycles. The number of hydrogen-bond donors (Lipinski definition) is 1. The van der Waals surface area contributed by atoms with Gasteiger partial charge in [0.05, 0.1) is 13.0 Å². The van der Waals surface area contributed by atoms with Crippen LogP contribution in [0.5, 0.6) is 11.5 Å². The number of carbonyl (C=O) groups is 1. The highest BCUT2D eigenvalue weighted by atomic mass is 19.4. The average molecular weight is 371 g/mol. The number of rotatable bonds is 6. The monoisotopic (exact) mass is 371 g/mol. The highest BCUT2D eigenvalue weighted by Gasteiger charge is 2.45. The molecule has 26 heavy (non-hydrogen) atoms. The van der Waals surface area contributed by atoms with E-state index in [0.717, 1.165) is 5.56 Å². The maximum atomic E-state index is 13.1. The van der Waals surface area contributed by atoms with Crippen LogP contribution in [0.1, 0.15) is 38.2 Å². The molecule has 0 heterocycles. The average Bonchev–Trinajstić information content (AvgIpc) is 2.60. The number of hydrogen-bond acceptors (Lipinski definition) is 3. The minimum atomic E-state index is -4.30. The summed E-state index contributed by atoms with van der Waals surface area (Å²) < 4.78 is 49.9. The molecule has 7 heteroatoms. The molecular formula is C19H24F3NO3. The summed E-state index contributed by atoms with van der Waals surface area (Å²) in [6.07, 6.45) is 1.06. The second-order valence-corrected chi connectivity index (χ2v) is 6.31. The van der Waals surface area contributed by atoms with Gasteiger partial charge in [-0.05, 0) is 37.5 Å². The van der Waals surface area contributed by atoms with Gasteiger partial charge in [0.2, 0.25) is 0 Å². The summed E-state index contributed by atoms with van der Waals surface area (Å²) in [7, 11) is 1.48. The van der Waals surface area contributed by atoms with Crippen molar-refractivity contribution in [3.63, 3.8) is 0 Å². The van der Waals surface area contributed by atoms with Crippen LogP contribution in [0, 0.1) is 5.92 Å². The minimum Gasteiger partial charge on any atom is -0.493 e. The first-order chi connectivity index (χ1) is 12.3. The lowest BCUT2D eigenvalue weighted by atomic mass is 9.84. The fraction of sp³-hybridized carbons (Fsp3) is 0.526. The lowest BCUT2D eigenvalue weighted by molar-refractivity contribution is -0.189. The van der Waals surface area contributed by atoms with Gasteiger partial charge in [-0.25, -0.2) is 0 Å². The molecule has 0 aromatic heterocycles. The van der Waals surface area contributed by atoms with Crippen LogP contribution in [0.15, 0.2) is 24.3 Å². The lowest BCUT2D eigenvalue weighted by Crippen LogP contribution is -2.48. The van der Waals surface area contributed by atoms with Crippen LogP contribution in [-0.4, -0.2) is 31.8 Å². The Morgan fingerprint density at radius 2 is 2.00 bits per heavy atom. The Morgan fingerprint density at radius 1 is 1.27 bits per heavy atom. The van der Waals surface area contributed by atoms with Gasteiger partial charge in [-0.1, -0.05) is 31.1 Å². The zero-order valence-electron chi connectivity index (χ0n) is 14.9. The number of methoxy groups -OCH3 is 1. The maximum Gasteiger partial charge on any atom is 0.393 e. The number of allylic oxidation sites excluding steroid dienone is 1. The Morgan fingerprint density at radius 3 is 2.65 bits per heavy atom. The molecule has 2 unspecified atom stereocenters. The minimum absolute atomic E-state index is 0.0511. The number of benzene rings is 1. The number of halogens is 3. The van der Waals surface area contributed by atoms with E-state index in [1.165, 1.54) is 7.11 Å². The van der Waals surface area contributed by atoms with Crippen molar-refractivity contribution in [2.75, 3.05) is 13.7 Å². The Bertz CT molecular complexity index is 643. The van der Waals surface area contributed by atoms with Crippen LogP contribution >= 0.6 is 0 Å². The fourth-order valence-corrected chi connectivity index (χ4v) is 3.19. The van der Waals surface area contributed by atoms with Gasteiger partial charge in [-0.15, -0.1) is 0 Å². The molecule has 0 saturated heterocycles. The number of carbonyl (C=O) groups excluding carboxylic acids is 1. The van der Waals surface area contributed by atoms with Gasteiger partial charge >= 0.3 is 6.18 Å². The van der Waals surface area contributed by atoms with E-state index in [9.17, 15) is 18.0 Å². The third kappa shape index (κ3) is 5.41. The second-order valence-electron chi connectivity index (χ2n) is 6.31. The van der Waals surface area contributed by atoms with Crippen LogP contribution in [0.3, 0.4) is 0 Å². The molecule has 0 radical (unpaired) electrons. The Labute approximate surface area is 151 Å². The van der Waals surface area contributed by atoms with Crippen molar-refractivity contribution in [1.29, 1.82) is 0 Å². The predicted octanol–water partition coefficient (Wildman–Crippen LogP) is 4.34. The van der Waals surface area contributed by atoms with Gasteiger partial charge in [0, 0.05) is 6.04 Å². The highest BCUT2D eigenvalue weighted by Crippen LogP contribution is 2.37. The van der Waals surface area contributed by atoms with E-state index >= 15 is 0 Å².